The highest BCUT2D eigenvalue weighted by molar-refractivity contribution is 14.1. The molecule has 0 aliphatic carbocycles. The topological polar surface area (TPSA) is 9.23 Å². The van der Waals surface area contributed by atoms with Gasteiger partial charge < -0.3 is 4.74 Å². The van der Waals surface area contributed by atoms with Gasteiger partial charge in [0.1, 0.15) is 5.75 Å². The summed E-state index contributed by atoms with van der Waals surface area (Å²) in [4.78, 5) is 0. The third-order valence-electron chi connectivity index (χ3n) is 1.31. The second-order valence-electron chi connectivity index (χ2n) is 2.06. The first-order valence-electron chi connectivity index (χ1n) is 3.14. The molecule has 1 nitrogen and oxygen atoms in total. The van der Waals surface area contributed by atoms with Crippen molar-refractivity contribution in [3.05, 3.63) is 40.0 Å². The molecule has 0 bridgehead atoms. The van der Waals surface area contributed by atoms with Crippen molar-refractivity contribution < 1.29 is 4.74 Å². The maximum absolute atomic E-state index is 5.06. The van der Waals surface area contributed by atoms with Crippen LogP contribution in [0, 0.1) is 9.65 Å². The van der Waals surface area contributed by atoms with Crippen LogP contribution >= 0.6 is 22.6 Å². The lowest BCUT2D eigenvalue weighted by atomic mass is 10.2. The minimum Gasteiger partial charge on any atom is -0.497 e. The first-order chi connectivity index (χ1) is 5.26. The zero-order valence-corrected chi connectivity index (χ0v) is 8.38. The lowest BCUT2D eigenvalue weighted by Gasteiger charge is -2.01. The molecule has 57 valence electrons. The predicted octanol–water partition coefficient (Wildman–Crippen LogP) is 2.64. The van der Waals surface area contributed by atoms with Crippen LogP contribution in [-0.4, -0.2) is 7.11 Å². The van der Waals surface area contributed by atoms with Crippen LogP contribution in [0.3, 0.4) is 0 Å². The van der Waals surface area contributed by atoms with Gasteiger partial charge in [-0.05, 0) is 52.4 Å². The molecule has 0 aromatic heterocycles. The Kier molecular flexibility index (Phi) is 2.93. The molecule has 0 heterocycles. The van der Waals surface area contributed by atoms with Crippen molar-refractivity contribution in [1.29, 1.82) is 0 Å². The van der Waals surface area contributed by atoms with Gasteiger partial charge in [-0.3, -0.25) is 0 Å². The van der Waals surface area contributed by atoms with E-state index in [-0.39, 0.29) is 0 Å². The molecule has 11 heavy (non-hydrogen) atoms. The zero-order valence-electron chi connectivity index (χ0n) is 6.23. The molecule has 1 aromatic rings. The molecule has 0 aliphatic heterocycles. The molecule has 1 rings (SSSR count). The van der Waals surface area contributed by atoms with Gasteiger partial charge >= 0.3 is 0 Å². The van der Waals surface area contributed by atoms with Crippen LogP contribution in [-0.2, 0) is 0 Å². The fourth-order valence-electron chi connectivity index (χ4n) is 0.783. The summed E-state index contributed by atoms with van der Waals surface area (Å²) in [5.41, 5.74) is 0.966. The molecule has 0 fully saturated rings. The summed E-state index contributed by atoms with van der Waals surface area (Å²) in [6, 6.07) is 5.85. The van der Waals surface area contributed by atoms with Crippen LogP contribution in [0.5, 0.6) is 5.75 Å². The lowest BCUT2D eigenvalue weighted by Crippen LogP contribution is -1.85. The van der Waals surface area contributed by atoms with Crippen molar-refractivity contribution in [3.63, 3.8) is 0 Å². The molecule has 1 aromatic carbocycles. The summed E-state index contributed by atoms with van der Waals surface area (Å²) in [7, 11) is 1.65. The van der Waals surface area contributed by atoms with E-state index in [4.69, 9.17) is 4.74 Å². The van der Waals surface area contributed by atoms with E-state index in [9.17, 15) is 0 Å². The minimum atomic E-state index is 0.850. The van der Waals surface area contributed by atoms with Crippen molar-refractivity contribution in [2.45, 2.75) is 0 Å². The van der Waals surface area contributed by atoms with Crippen molar-refractivity contribution in [2.75, 3.05) is 7.11 Å². The number of benzene rings is 1. The van der Waals surface area contributed by atoms with Gasteiger partial charge in [0.2, 0.25) is 0 Å². The van der Waals surface area contributed by atoms with Crippen LogP contribution < -0.4 is 4.74 Å². The monoisotopic (exact) mass is 259 g/mol. The molecule has 0 amide bonds. The highest BCUT2D eigenvalue weighted by Crippen LogP contribution is 2.17. The second-order valence-corrected chi connectivity index (χ2v) is 3.30. The Morgan fingerprint density at radius 1 is 1.45 bits per heavy atom. The Morgan fingerprint density at radius 3 is 2.73 bits per heavy atom. The van der Waals surface area contributed by atoms with Crippen molar-refractivity contribution in [3.8, 4) is 5.75 Å². The van der Waals surface area contributed by atoms with Crippen LogP contribution in [0.4, 0.5) is 0 Å². The van der Waals surface area contributed by atoms with Gasteiger partial charge in [0.15, 0.2) is 0 Å². The summed E-state index contributed by atoms with van der Waals surface area (Å²) in [5, 5.41) is 0. The number of ether oxygens (including phenoxy) is 1. The van der Waals surface area contributed by atoms with Gasteiger partial charge in [-0.15, -0.1) is 0 Å². The molecule has 0 atom stereocenters. The van der Waals surface area contributed by atoms with Crippen molar-refractivity contribution in [1.82, 2.24) is 0 Å². The van der Waals surface area contributed by atoms with Crippen LogP contribution in [0.2, 0.25) is 0 Å². The summed E-state index contributed by atoms with van der Waals surface area (Å²) in [6.45, 7) is 3.56. The van der Waals surface area contributed by atoms with Gasteiger partial charge in [0.05, 0.1) is 7.11 Å². The number of halogens is 1. The van der Waals surface area contributed by atoms with E-state index >= 15 is 0 Å². The fourth-order valence-corrected chi connectivity index (χ4v) is 1.43. The van der Waals surface area contributed by atoms with Crippen LogP contribution in [0.1, 0.15) is 5.56 Å². The maximum Gasteiger partial charge on any atom is 0.120 e. The van der Waals surface area contributed by atoms with E-state index in [0.29, 0.717) is 0 Å². The van der Waals surface area contributed by atoms with Gasteiger partial charge in [0.25, 0.3) is 0 Å². The van der Waals surface area contributed by atoms with E-state index in [1.54, 1.807) is 7.11 Å². The third kappa shape index (κ3) is 2.22. The Morgan fingerprint density at radius 2 is 2.18 bits per heavy atom. The Balaban J connectivity index is 3.11. The van der Waals surface area contributed by atoms with E-state index in [0.717, 1.165) is 14.9 Å². The average molecular weight is 259 g/mol. The molecule has 2 heteroatoms. The molecular formula is C9H8IO. The largest absolute Gasteiger partial charge is 0.497 e. The first kappa shape index (κ1) is 8.59. The highest BCUT2D eigenvalue weighted by atomic mass is 127. The lowest BCUT2D eigenvalue weighted by molar-refractivity contribution is 0.414. The van der Waals surface area contributed by atoms with E-state index in [1.807, 2.05) is 18.2 Å². The normalized spacial score (nSPS) is 9.27. The molecular weight excluding hydrogens is 251 g/mol. The Hall–Kier alpha value is -0.510. The Labute approximate surface area is 80.2 Å². The summed E-state index contributed by atoms with van der Waals surface area (Å²) >= 11 is 2.23. The van der Waals surface area contributed by atoms with Crippen LogP contribution in [0.25, 0.3) is 0 Å². The van der Waals surface area contributed by atoms with Gasteiger partial charge in [-0.2, -0.15) is 0 Å². The molecule has 0 saturated carbocycles. The quantitative estimate of drug-likeness (QED) is 0.742. The minimum absolute atomic E-state index is 0.850. The number of hydrogen-bond donors (Lipinski definition) is 0. The smallest absolute Gasteiger partial charge is 0.120 e. The van der Waals surface area contributed by atoms with Crippen molar-refractivity contribution >= 4 is 22.6 Å². The number of hydrogen-bond acceptors (Lipinski definition) is 1. The van der Waals surface area contributed by atoms with Crippen molar-refractivity contribution in [2.24, 2.45) is 0 Å². The van der Waals surface area contributed by atoms with Crippen LogP contribution in [0.15, 0.2) is 24.8 Å². The standard InChI is InChI=1S/C9H8IO/c1-3-7-4-8(10)6-9(5-7)11-2/h4-6H,1H2,2H3. The van der Waals surface area contributed by atoms with Gasteiger partial charge in [-0.25, -0.2) is 0 Å². The van der Waals surface area contributed by atoms with E-state index < -0.39 is 0 Å². The second kappa shape index (κ2) is 3.76. The molecule has 0 N–H and O–H groups in total. The fraction of sp³-hybridized carbons (Fsp3) is 0.111. The number of methoxy groups -OCH3 is 1. The molecule has 0 spiro atoms. The average Bonchev–Trinajstić information content (AvgIpc) is 2.03. The highest BCUT2D eigenvalue weighted by Gasteiger charge is 1.95. The summed E-state index contributed by atoms with van der Waals surface area (Å²) in [5.74, 6) is 0.850. The summed E-state index contributed by atoms with van der Waals surface area (Å²) in [6.07, 6.45) is 2.81. The predicted molar refractivity (Wildman–Crippen MR) is 53.7 cm³/mol. The van der Waals surface area contributed by atoms with Gasteiger partial charge in [-0.1, -0.05) is 6.58 Å². The SMILES string of the molecule is C=[C]c1cc(I)cc(OC)c1. The zero-order chi connectivity index (χ0) is 8.27. The molecule has 0 aliphatic rings. The first-order valence-corrected chi connectivity index (χ1v) is 4.22. The summed E-state index contributed by atoms with van der Waals surface area (Å²) < 4.78 is 6.20. The van der Waals surface area contributed by atoms with Gasteiger partial charge in [0, 0.05) is 3.57 Å². The molecule has 1 radical (unpaired) electrons. The number of rotatable bonds is 2. The molecule has 0 saturated heterocycles. The Bertz CT molecular complexity index is 268. The van der Waals surface area contributed by atoms with E-state index in [1.165, 1.54) is 0 Å². The van der Waals surface area contributed by atoms with E-state index in [2.05, 4.69) is 35.2 Å². The molecule has 0 unspecified atom stereocenters. The third-order valence-corrected chi connectivity index (χ3v) is 1.93. The maximum atomic E-state index is 5.06.